The van der Waals surface area contributed by atoms with Gasteiger partial charge in [0.25, 0.3) is 5.91 Å². The second-order valence-corrected chi connectivity index (χ2v) is 7.01. The summed E-state index contributed by atoms with van der Waals surface area (Å²) in [4.78, 5) is 17.7. The zero-order chi connectivity index (χ0) is 15.9. The monoisotopic (exact) mass is 310 g/mol. The van der Waals surface area contributed by atoms with Crippen LogP contribution in [0, 0.1) is 0 Å². The van der Waals surface area contributed by atoms with Gasteiger partial charge in [-0.15, -0.1) is 0 Å². The smallest absolute Gasteiger partial charge is 0.252 e. The van der Waals surface area contributed by atoms with Crippen molar-refractivity contribution in [2.24, 2.45) is 0 Å². The Labute approximate surface area is 136 Å². The van der Waals surface area contributed by atoms with E-state index in [0.717, 1.165) is 35.0 Å². The number of benzene rings is 1. The van der Waals surface area contributed by atoms with Crippen molar-refractivity contribution in [3.05, 3.63) is 41.6 Å². The van der Waals surface area contributed by atoms with Crippen LogP contribution in [0.25, 0.3) is 10.9 Å². The van der Waals surface area contributed by atoms with Crippen molar-refractivity contribution in [2.75, 3.05) is 13.2 Å². The Balaban J connectivity index is 1.70. The molecule has 0 radical (unpaired) electrons. The highest BCUT2D eigenvalue weighted by atomic mass is 16.5. The average molecular weight is 310 g/mol. The van der Waals surface area contributed by atoms with Crippen LogP contribution in [0.1, 0.15) is 54.6 Å². The van der Waals surface area contributed by atoms with Gasteiger partial charge in [0.05, 0.1) is 11.1 Å². The first kappa shape index (κ1) is 14.6. The summed E-state index contributed by atoms with van der Waals surface area (Å²) in [5.41, 5.74) is 2.55. The molecule has 120 valence electrons. The summed E-state index contributed by atoms with van der Waals surface area (Å²) in [7, 11) is 0. The van der Waals surface area contributed by atoms with Gasteiger partial charge in [0.1, 0.15) is 0 Å². The van der Waals surface area contributed by atoms with Crippen molar-refractivity contribution < 1.29 is 9.53 Å². The summed E-state index contributed by atoms with van der Waals surface area (Å²) < 4.78 is 5.42. The molecule has 2 aromatic rings. The fourth-order valence-corrected chi connectivity index (χ4v) is 3.26. The Morgan fingerprint density at radius 2 is 2.00 bits per heavy atom. The van der Waals surface area contributed by atoms with Gasteiger partial charge >= 0.3 is 0 Å². The minimum absolute atomic E-state index is 0.00917. The Kier molecular flexibility index (Phi) is 3.57. The van der Waals surface area contributed by atoms with Crippen LogP contribution >= 0.6 is 0 Å². The maximum atomic E-state index is 12.9. The minimum atomic E-state index is -0.181. The third-order valence-electron chi connectivity index (χ3n) is 4.99. The quantitative estimate of drug-likeness (QED) is 0.945. The second-order valence-electron chi connectivity index (χ2n) is 7.01. The summed E-state index contributed by atoms with van der Waals surface area (Å²) in [6.45, 7) is 3.53. The predicted octanol–water partition coefficient (Wildman–Crippen LogP) is 3.41. The van der Waals surface area contributed by atoms with Crippen LogP contribution in [0.4, 0.5) is 0 Å². The highest BCUT2D eigenvalue weighted by Gasteiger charge is 2.31. The van der Waals surface area contributed by atoms with Crippen LogP contribution in [0.2, 0.25) is 0 Å². The molecule has 1 aliphatic carbocycles. The number of hydrogen-bond donors (Lipinski definition) is 1. The van der Waals surface area contributed by atoms with Crippen LogP contribution in [0.3, 0.4) is 0 Å². The minimum Gasteiger partial charge on any atom is -0.381 e. The molecule has 1 aliphatic heterocycles. The van der Waals surface area contributed by atoms with Crippen molar-refractivity contribution in [3.63, 3.8) is 0 Å². The number of carbonyl (C=O) groups is 1. The van der Waals surface area contributed by atoms with Gasteiger partial charge in [-0.2, -0.15) is 0 Å². The number of carbonyl (C=O) groups excluding carboxylic acids is 1. The van der Waals surface area contributed by atoms with E-state index in [1.165, 1.54) is 12.8 Å². The first-order chi connectivity index (χ1) is 11.1. The van der Waals surface area contributed by atoms with E-state index in [0.29, 0.717) is 19.1 Å². The van der Waals surface area contributed by atoms with Crippen molar-refractivity contribution in [1.29, 1.82) is 0 Å². The zero-order valence-electron chi connectivity index (χ0n) is 13.5. The van der Waals surface area contributed by atoms with Gasteiger partial charge in [0.15, 0.2) is 0 Å². The highest BCUT2D eigenvalue weighted by Crippen LogP contribution is 2.40. The maximum Gasteiger partial charge on any atom is 0.252 e. The van der Waals surface area contributed by atoms with E-state index < -0.39 is 0 Å². The normalized spacial score (nSPS) is 20.4. The predicted molar refractivity (Wildman–Crippen MR) is 89.6 cm³/mol. The maximum absolute atomic E-state index is 12.9. The SMILES string of the molecule is CC1(NC(=O)c2cc(C3CC3)nc3ccccc23)CCOCC1. The molecule has 2 heterocycles. The van der Waals surface area contributed by atoms with Gasteiger partial charge < -0.3 is 10.1 Å². The van der Waals surface area contributed by atoms with Crippen LogP contribution in [-0.4, -0.2) is 29.6 Å². The van der Waals surface area contributed by atoms with E-state index in [1.54, 1.807) is 0 Å². The third kappa shape index (κ3) is 2.95. The second kappa shape index (κ2) is 5.60. The van der Waals surface area contributed by atoms with Crippen LogP contribution in [0.5, 0.6) is 0 Å². The molecule has 4 heteroatoms. The van der Waals surface area contributed by atoms with Crippen LogP contribution in [0.15, 0.2) is 30.3 Å². The molecule has 4 rings (SSSR count). The molecular weight excluding hydrogens is 288 g/mol. The van der Waals surface area contributed by atoms with Gasteiger partial charge in [-0.1, -0.05) is 18.2 Å². The molecule has 1 saturated heterocycles. The van der Waals surface area contributed by atoms with Crippen LogP contribution in [-0.2, 0) is 4.74 Å². The van der Waals surface area contributed by atoms with E-state index in [2.05, 4.69) is 12.2 Å². The zero-order valence-corrected chi connectivity index (χ0v) is 13.5. The average Bonchev–Trinajstić information content (AvgIpc) is 3.39. The molecule has 1 amide bonds. The van der Waals surface area contributed by atoms with Crippen molar-refractivity contribution in [3.8, 4) is 0 Å². The molecule has 2 aliphatic rings. The molecule has 2 fully saturated rings. The molecule has 0 spiro atoms. The van der Waals surface area contributed by atoms with Crippen molar-refractivity contribution in [2.45, 2.75) is 44.1 Å². The molecule has 0 atom stereocenters. The molecule has 1 saturated carbocycles. The molecule has 1 N–H and O–H groups in total. The largest absolute Gasteiger partial charge is 0.381 e. The number of amides is 1. The Bertz CT molecular complexity index is 746. The van der Waals surface area contributed by atoms with Gasteiger partial charge in [-0.25, -0.2) is 0 Å². The number of para-hydroxylation sites is 1. The van der Waals surface area contributed by atoms with Crippen molar-refractivity contribution >= 4 is 16.8 Å². The lowest BCUT2D eigenvalue weighted by Crippen LogP contribution is -2.49. The number of ether oxygens (including phenoxy) is 1. The molecule has 1 aromatic carbocycles. The summed E-state index contributed by atoms with van der Waals surface area (Å²) in [5, 5.41) is 4.18. The summed E-state index contributed by atoms with van der Waals surface area (Å²) in [5.74, 6) is 0.541. The Morgan fingerprint density at radius 3 is 2.74 bits per heavy atom. The number of nitrogens with one attached hydrogen (secondary N) is 1. The van der Waals surface area contributed by atoms with E-state index in [9.17, 15) is 4.79 Å². The van der Waals surface area contributed by atoms with E-state index in [-0.39, 0.29) is 11.4 Å². The molecule has 0 bridgehead atoms. The lowest BCUT2D eigenvalue weighted by atomic mass is 9.92. The molecule has 1 aromatic heterocycles. The van der Waals surface area contributed by atoms with Gasteiger partial charge in [0, 0.05) is 35.8 Å². The highest BCUT2D eigenvalue weighted by molar-refractivity contribution is 6.06. The number of rotatable bonds is 3. The standard InChI is InChI=1S/C19H22N2O2/c1-19(8-10-23-11-9-19)21-18(22)15-12-17(13-6-7-13)20-16-5-3-2-4-14(15)16/h2-5,12-13H,6-11H2,1H3,(H,21,22). The number of hydrogen-bond acceptors (Lipinski definition) is 3. The number of fused-ring (bicyclic) bond motifs is 1. The van der Waals surface area contributed by atoms with Gasteiger partial charge in [-0.3, -0.25) is 9.78 Å². The third-order valence-corrected chi connectivity index (χ3v) is 4.99. The number of aromatic nitrogens is 1. The lowest BCUT2D eigenvalue weighted by Gasteiger charge is -2.34. The first-order valence-electron chi connectivity index (χ1n) is 8.45. The molecule has 0 unspecified atom stereocenters. The fourth-order valence-electron chi connectivity index (χ4n) is 3.26. The summed E-state index contributed by atoms with van der Waals surface area (Å²) in [6, 6.07) is 9.92. The Morgan fingerprint density at radius 1 is 1.26 bits per heavy atom. The fraction of sp³-hybridized carbons (Fsp3) is 0.474. The molecule has 23 heavy (non-hydrogen) atoms. The Hall–Kier alpha value is -1.94. The number of pyridine rings is 1. The van der Waals surface area contributed by atoms with E-state index in [1.807, 2.05) is 30.3 Å². The van der Waals surface area contributed by atoms with Crippen molar-refractivity contribution in [1.82, 2.24) is 10.3 Å². The lowest BCUT2D eigenvalue weighted by molar-refractivity contribution is 0.0423. The van der Waals surface area contributed by atoms with Gasteiger partial charge in [0.2, 0.25) is 0 Å². The molecule has 4 nitrogen and oxygen atoms in total. The van der Waals surface area contributed by atoms with E-state index >= 15 is 0 Å². The molecular formula is C19H22N2O2. The number of nitrogens with zero attached hydrogens (tertiary/aromatic N) is 1. The topological polar surface area (TPSA) is 51.2 Å². The first-order valence-corrected chi connectivity index (χ1v) is 8.45. The van der Waals surface area contributed by atoms with Gasteiger partial charge in [-0.05, 0) is 44.7 Å². The van der Waals surface area contributed by atoms with E-state index in [4.69, 9.17) is 9.72 Å². The summed E-state index contributed by atoms with van der Waals surface area (Å²) in [6.07, 6.45) is 4.08. The summed E-state index contributed by atoms with van der Waals surface area (Å²) >= 11 is 0. The van der Waals surface area contributed by atoms with Crippen LogP contribution < -0.4 is 5.32 Å².